The van der Waals surface area contributed by atoms with Crippen molar-refractivity contribution in [2.75, 3.05) is 16.8 Å². The average molecular weight is 491 g/mol. The van der Waals surface area contributed by atoms with E-state index in [1.165, 1.54) is 0 Å². The zero-order valence-corrected chi connectivity index (χ0v) is 20.2. The molecule has 0 fully saturated rings. The number of imide groups is 1. The molecule has 7 nitrogen and oxygen atoms in total. The summed E-state index contributed by atoms with van der Waals surface area (Å²) in [5.74, 6) is -0.916. The van der Waals surface area contributed by atoms with Crippen LogP contribution >= 0.6 is 11.6 Å². The van der Waals surface area contributed by atoms with E-state index in [0.717, 1.165) is 16.0 Å². The quantitative estimate of drug-likeness (QED) is 0.273. The first-order chi connectivity index (χ1) is 16.8. The summed E-state index contributed by atoms with van der Waals surface area (Å²) in [7, 11) is 0. The molecule has 0 saturated carbocycles. The first-order valence-electron chi connectivity index (χ1n) is 11.0. The summed E-state index contributed by atoms with van der Waals surface area (Å²) < 4.78 is 11.0. The van der Waals surface area contributed by atoms with Crippen molar-refractivity contribution in [1.82, 2.24) is 0 Å². The molecular formula is C27H23ClN2O5. The van der Waals surface area contributed by atoms with Crippen LogP contribution in [0.1, 0.15) is 28.4 Å². The maximum absolute atomic E-state index is 13.1. The van der Waals surface area contributed by atoms with Gasteiger partial charge >= 0.3 is 5.97 Å². The van der Waals surface area contributed by atoms with E-state index in [0.29, 0.717) is 35.0 Å². The van der Waals surface area contributed by atoms with Crippen molar-refractivity contribution in [2.24, 2.45) is 0 Å². The molecule has 178 valence electrons. The van der Waals surface area contributed by atoms with Crippen molar-refractivity contribution in [3.8, 4) is 11.5 Å². The molecule has 0 unspecified atom stereocenters. The van der Waals surface area contributed by atoms with Crippen molar-refractivity contribution < 1.29 is 23.9 Å². The number of anilines is 2. The van der Waals surface area contributed by atoms with Crippen molar-refractivity contribution in [3.63, 3.8) is 0 Å². The lowest BCUT2D eigenvalue weighted by molar-refractivity contribution is -0.120. The third-order valence-corrected chi connectivity index (χ3v) is 5.73. The summed E-state index contributed by atoms with van der Waals surface area (Å²) in [6.07, 6.45) is 0. The van der Waals surface area contributed by atoms with E-state index in [9.17, 15) is 14.4 Å². The Morgan fingerprint density at radius 2 is 1.63 bits per heavy atom. The number of nitrogens with zero attached hydrogens (tertiary/aromatic N) is 1. The van der Waals surface area contributed by atoms with Crippen LogP contribution in [-0.2, 0) is 9.59 Å². The molecule has 8 heteroatoms. The van der Waals surface area contributed by atoms with Crippen LogP contribution in [0.4, 0.5) is 11.4 Å². The number of amides is 2. The van der Waals surface area contributed by atoms with Crippen molar-refractivity contribution in [3.05, 3.63) is 94.1 Å². The van der Waals surface area contributed by atoms with Gasteiger partial charge in [-0.3, -0.25) is 9.59 Å². The van der Waals surface area contributed by atoms with Gasteiger partial charge in [0.2, 0.25) is 0 Å². The Bertz CT molecular complexity index is 1350. The van der Waals surface area contributed by atoms with E-state index in [4.69, 9.17) is 21.1 Å². The molecule has 0 saturated heterocycles. The average Bonchev–Trinajstić information content (AvgIpc) is 3.05. The van der Waals surface area contributed by atoms with Crippen LogP contribution in [0.15, 0.2) is 77.5 Å². The van der Waals surface area contributed by atoms with Crippen molar-refractivity contribution in [1.29, 1.82) is 0 Å². The second kappa shape index (κ2) is 10.0. The zero-order chi connectivity index (χ0) is 25.1. The molecule has 0 aliphatic carbocycles. The number of ether oxygens (including phenoxy) is 2. The second-order valence-electron chi connectivity index (χ2n) is 7.90. The molecule has 1 heterocycles. The Balaban J connectivity index is 1.50. The number of benzene rings is 3. The van der Waals surface area contributed by atoms with Crippen LogP contribution in [0.25, 0.3) is 0 Å². The third-order valence-electron chi connectivity index (χ3n) is 5.37. The highest BCUT2D eigenvalue weighted by Crippen LogP contribution is 2.33. The van der Waals surface area contributed by atoms with Gasteiger partial charge in [0, 0.05) is 5.69 Å². The van der Waals surface area contributed by atoms with Crippen molar-refractivity contribution in [2.45, 2.75) is 20.8 Å². The van der Waals surface area contributed by atoms with Gasteiger partial charge in [0.25, 0.3) is 11.8 Å². The number of para-hydroxylation sites is 2. The first-order valence-corrected chi connectivity index (χ1v) is 11.3. The number of hydrogen-bond acceptors (Lipinski definition) is 6. The molecule has 1 N–H and O–H groups in total. The Morgan fingerprint density at radius 3 is 2.31 bits per heavy atom. The van der Waals surface area contributed by atoms with Gasteiger partial charge in [0.05, 0.1) is 17.9 Å². The molecule has 0 atom stereocenters. The molecule has 3 aromatic carbocycles. The molecular weight excluding hydrogens is 468 g/mol. The molecule has 1 aliphatic heterocycles. The highest BCUT2D eigenvalue weighted by atomic mass is 35.5. The SMILES string of the molecule is CCOc1ccccc1OC(=O)c1ccc(NC2=C(Cl)C(=O)N(c3cc(C)ccc3C)C2=O)cc1. The normalized spacial score (nSPS) is 13.3. The predicted octanol–water partition coefficient (Wildman–Crippen LogP) is 5.36. The summed E-state index contributed by atoms with van der Waals surface area (Å²) in [4.78, 5) is 39.5. The summed E-state index contributed by atoms with van der Waals surface area (Å²) in [5.41, 5.74) is 2.92. The van der Waals surface area contributed by atoms with Gasteiger partial charge in [0.1, 0.15) is 10.7 Å². The van der Waals surface area contributed by atoms with Crippen molar-refractivity contribution >= 4 is 40.8 Å². The minimum Gasteiger partial charge on any atom is -0.490 e. The van der Waals surface area contributed by atoms with E-state index < -0.39 is 17.8 Å². The van der Waals surface area contributed by atoms with Gasteiger partial charge < -0.3 is 14.8 Å². The van der Waals surface area contributed by atoms with Gasteiger partial charge in [0.15, 0.2) is 11.5 Å². The fourth-order valence-corrected chi connectivity index (χ4v) is 3.81. The summed E-state index contributed by atoms with van der Waals surface area (Å²) in [6.45, 7) is 5.98. The molecule has 35 heavy (non-hydrogen) atoms. The highest BCUT2D eigenvalue weighted by molar-refractivity contribution is 6.53. The van der Waals surface area contributed by atoms with Crippen LogP contribution in [0, 0.1) is 13.8 Å². The number of carbonyl (C=O) groups excluding carboxylic acids is 3. The Hall–Kier alpha value is -4.10. The van der Waals surface area contributed by atoms with E-state index in [-0.39, 0.29) is 10.7 Å². The minimum atomic E-state index is -0.596. The first kappa shape index (κ1) is 24.0. The van der Waals surface area contributed by atoms with Gasteiger partial charge in [-0.2, -0.15) is 0 Å². The lowest BCUT2D eigenvalue weighted by atomic mass is 10.1. The molecule has 1 aliphatic rings. The number of nitrogens with one attached hydrogen (secondary N) is 1. The number of halogens is 1. The summed E-state index contributed by atoms with van der Waals surface area (Å²) in [6, 6.07) is 18.7. The second-order valence-corrected chi connectivity index (χ2v) is 8.27. The monoisotopic (exact) mass is 490 g/mol. The van der Waals surface area contributed by atoms with Gasteiger partial charge in [-0.25, -0.2) is 9.69 Å². The van der Waals surface area contributed by atoms with E-state index in [1.54, 1.807) is 54.6 Å². The fraction of sp³-hybridized carbons (Fsp3) is 0.148. The number of hydrogen-bond donors (Lipinski definition) is 1. The van der Waals surface area contributed by atoms with E-state index in [2.05, 4.69) is 5.32 Å². The van der Waals surface area contributed by atoms with E-state index >= 15 is 0 Å². The lowest BCUT2D eigenvalue weighted by Crippen LogP contribution is -2.32. The molecule has 0 radical (unpaired) electrons. The zero-order valence-electron chi connectivity index (χ0n) is 19.4. The topological polar surface area (TPSA) is 84.9 Å². The minimum absolute atomic E-state index is 0.0291. The lowest BCUT2D eigenvalue weighted by Gasteiger charge is -2.18. The van der Waals surface area contributed by atoms with Crippen LogP contribution in [0.2, 0.25) is 0 Å². The fourth-order valence-electron chi connectivity index (χ4n) is 3.59. The largest absolute Gasteiger partial charge is 0.490 e. The van der Waals surface area contributed by atoms with Gasteiger partial charge in [-0.15, -0.1) is 0 Å². The number of aryl methyl sites for hydroxylation is 2. The number of esters is 1. The Kier molecular flexibility index (Phi) is 6.89. The summed E-state index contributed by atoms with van der Waals surface area (Å²) in [5, 5.41) is 2.71. The predicted molar refractivity (Wildman–Crippen MR) is 134 cm³/mol. The molecule has 2 amide bonds. The Morgan fingerprint density at radius 1 is 0.943 bits per heavy atom. The van der Waals surface area contributed by atoms with Crippen LogP contribution in [-0.4, -0.2) is 24.4 Å². The highest BCUT2D eigenvalue weighted by Gasteiger charge is 2.39. The standard InChI is InChI=1S/C27H23ClN2O5/c1-4-34-21-7-5-6-8-22(21)35-27(33)18-11-13-19(14-12-18)29-24-23(28)25(31)30(26(24)32)20-15-16(2)9-10-17(20)3/h5-15,29H,4H2,1-3H3. The van der Waals surface area contributed by atoms with Crippen LogP contribution in [0.3, 0.4) is 0 Å². The number of carbonyl (C=O) groups is 3. The maximum atomic E-state index is 13.1. The maximum Gasteiger partial charge on any atom is 0.343 e. The van der Waals surface area contributed by atoms with Crippen LogP contribution < -0.4 is 19.7 Å². The molecule has 3 aromatic rings. The molecule has 0 aromatic heterocycles. The third kappa shape index (κ3) is 4.90. The summed E-state index contributed by atoms with van der Waals surface area (Å²) >= 11 is 6.24. The molecule has 0 spiro atoms. The number of rotatable bonds is 7. The van der Waals surface area contributed by atoms with Gasteiger partial charge in [-0.05, 0) is 74.4 Å². The van der Waals surface area contributed by atoms with E-state index in [1.807, 2.05) is 32.9 Å². The van der Waals surface area contributed by atoms with Gasteiger partial charge in [-0.1, -0.05) is 35.9 Å². The van der Waals surface area contributed by atoms with Crippen LogP contribution in [0.5, 0.6) is 11.5 Å². The Labute approximate surface area is 207 Å². The molecule has 0 bridgehead atoms. The molecule has 4 rings (SSSR count). The smallest absolute Gasteiger partial charge is 0.343 e.